The molecule has 0 atom stereocenters. The van der Waals surface area contributed by atoms with Crippen molar-refractivity contribution in [3.8, 4) is 5.69 Å². The highest BCUT2D eigenvalue weighted by Gasteiger charge is 2.06. The molecule has 2 rings (SSSR count). The number of hydrogen-bond acceptors (Lipinski definition) is 3. The van der Waals surface area contributed by atoms with E-state index in [2.05, 4.69) is 10.3 Å². The molecule has 15 heavy (non-hydrogen) atoms. The van der Waals surface area contributed by atoms with E-state index in [1.165, 1.54) is 0 Å². The van der Waals surface area contributed by atoms with Crippen LogP contribution in [0.25, 0.3) is 5.69 Å². The normalized spacial score (nSPS) is 10.6. The predicted molar refractivity (Wildman–Crippen MR) is 57.0 cm³/mol. The van der Waals surface area contributed by atoms with Crippen LogP contribution in [0.5, 0.6) is 0 Å². The van der Waals surface area contributed by atoms with Crippen molar-refractivity contribution in [3.05, 3.63) is 40.7 Å². The number of aliphatic hydroxyl groups is 1. The smallest absolute Gasteiger partial charge is 0.109 e. The predicted octanol–water partition coefficient (Wildman–Crippen LogP) is 1.72. The summed E-state index contributed by atoms with van der Waals surface area (Å²) < 4.78 is 1.60. The van der Waals surface area contributed by atoms with Gasteiger partial charge in [-0.25, -0.2) is 4.68 Å². The van der Waals surface area contributed by atoms with Crippen molar-refractivity contribution < 1.29 is 5.11 Å². The fraction of sp³-hybridized carbons (Fsp3) is 0.200. The molecule has 0 aliphatic carbocycles. The van der Waals surface area contributed by atoms with Crippen molar-refractivity contribution in [1.82, 2.24) is 15.0 Å². The fourth-order valence-corrected chi connectivity index (χ4v) is 1.50. The first-order valence-corrected chi connectivity index (χ1v) is 4.87. The molecule has 0 aliphatic rings. The highest BCUT2D eigenvalue weighted by atomic mass is 35.5. The van der Waals surface area contributed by atoms with E-state index in [-0.39, 0.29) is 6.61 Å². The summed E-state index contributed by atoms with van der Waals surface area (Å²) in [5, 5.41) is 17.3. The van der Waals surface area contributed by atoms with Crippen LogP contribution in [0.1, 0.15) is 11.3 Å². The number of aromatic nitrogens is 3. The number of aliphatic hydroxyl groups excluding tert-OH is 1. The Bertz CT molecular complexity index is 481. The second kappa shape index (κ2) is 4.00. The quantitative estimate of drug-likeness (QED) is 0.844. The van der Waals surface area contributed by atoms with Gasteiger partial charge in [-0.15, -0.1) is 5.10 Å². The zero-order valence-electron chi connectivity index (χ0n) is 8.18. The van der Waals surface area contributed by atoms with E-state index in [4.69, 9.17) is 16.7 Å². The minimum Gasteiger partial charge on any atom is -0.390 e. The lowest BCUT2D eigenvalue weighted by molar-refractivity contribution is 0.276. The molecular formula is C10H10ClN3O. The largest absolute Gasteiger partial charge is 0.390 e. The Morgan fingerprint density at radius 3 is 2.93 bits per heavy atom. The van der Waals surface area contributed by atoms with Crippen molar-refractivity contribution in [2.75, 3.05) is 0 Å². The topological polar surface area (TPSA) is 50.9 Å². The Hall–Kier alpha value is -1.39. The molecule has 1 N–H and O–H groups in total. The van der Waals surface area contributed by atoms with E-state index >= 15 is 0 Å². The summed E-state index contributed by atoms with van der Waals surface area (Å²) in [5.41, 5.74) is 2.35. The average Bonchev–Trinajstić information content (AvgIpc) is 2.70. The summed E-state index contributed by atoms with van der Waals surface area (Å²) in [4.78, 5) is 0. The maximum atomic E-state index is 8.88. The second-order valence-corrected chi connectivity index (χ2v) is 3.60. The van der Waals surface area contributed by atoms with Gasteiger partial charge in [-0.1, -0.05) is 22.9 Å². The summed E-state index contributed by atoms with van der Waals surface area (Å²) in [5.74, 6) is 0. The molecule has 0 saturated heterocycles. The van der Waals surface area contributed by atoms with Gasteiger partial charge < -0.3 is 5.11 Å². The van der Waals surface area contributed by atoms with E-state index in [0.29, 0.717) is 10.7 Å². The van der Waals surface area contributed by atoms with Gasteiger partial charge in [-0.2, -0.15) is 0 Å². The maximum Gasteiger partial charge on any atom is 0.109 e. The van der Waals surface area contributed by atoms with Crippen molar-refractivity contribution in [3.63, 3.8) is 0 Å². The summed E-state index contributed by atoms with van der Waals surface area (Å²) >= 11 is 5.99. The molecule has 2 aromatic rings. The molecule has 5 heteroatoms. The summed E-state index contributed by atoms with van der Waals surface area (Å²) in [6.45, 7) is 1.80. The molecule has 0 saturated carbocycles. The highest BCUT2D eigenvalue weighted by Crippen LogP contribution is 2.21. The lowest BCUT2D eigenvalue weighted by Gasteiger charge is -2.05. The molecule has 4 nitrogen and oxygen atoms in total. The average molecular weight is 224 g/mol. The highest BCUT2D eigenvalue weighted by molar-refractivity contribution is 6.31. The van der Waals surface area contributed by atoms with Crippen LogP contribution in [-0.4, -0.2) is 20.1 Å². The molecule has 78 valence electrons. The van der Waals surface area contributed by atoms with Crippen LogP contribution in [0.4, 0.5) is 0 Å². The van der Waals surface area contributed by atoms with Gasteiger partial charge in [0.05, 0.1) is 18.5 Å². The number of nitrogens with zero attached hydrogens (tertiary/aromatic N) is 3. The first-order valence-electron chi connectivity index (χ1n) is 4.50. The first-order chi connectivity index (χ1) is 7.22. The lowest BCUT2D eigenvalue weighted by Crippen LogP contribution is -1.97. The summed E-state index contributed by atoms with van der Waals surface area (Å²) in [6, 6.07) is 5.58. The summed E-state index contributed by atoms with van der Waals surface area (Å²) in [7, 11) is 0. The second-order valence-electron chi connectivity index (χ2n) is 3.20. The van der Waals surface area contributed by atoms with Crippen molar-refractivity contribution in [2.24, 2.45) is 0 Å². The zero-order chi connectivity index (χ0) is 10.8. The zero-order valence-corrected chi connectivity index (χ0v) is 8.94. The number of benzene rings is 1. The molecular weight excluding hydrogens is 214 g/mol. The third kappa shape index (κ3) is 1.86. The van der Waals surface area contributed by atoms with Crippen LogP contribution in [0.2, 0.25) is 5.02 Å². The van der Waals surface area contributed by atoms with Crippen LogP contribution in [-0.2, 0) is 6.61 Å². The van der Waals surface area contributed by atoms with E-state index < -0.39 is 0 Å². The molecule has 0 bridgehead atoms. The number of halogens is 1. The minimum atomic E-state index is -0.111. The molecule has 0 aliphatic heterocycles. The van der Waals surface area contributed by atoms with Gasteiger partial charge in [0.2, 0.25) is 0 Å². The Labute approximate surface area is 92.1 Å². The van der Waals surface area contributed by atoms with Crippen LogP contribution >= 0.6 is 11.6 Å². The van der Waals surface area contributed by atoms with E-state index in [9.17, 15) is 0 Å². The SMILES string of the molecule is Cc1c(Cl)cccc1-n1cc(CO)nn1. The molecule has 0 radical (unpaired) electrons. The fourth-order valence-electron chi connectivity index (χ4n) is 1.33. The van der Waals surface area contributed by atoms with Gasteiger partial charge >= 0.3 is 0 Å². The molecule has 0 spiro atoms. The van der Waals surface area contributed by atoms with Gasteiger partial charge in [0.25, 0.3) is 0 Å². The number of hydrogen-bond donors (Lipinski definition) is 1. The third-order valence-corrected chi connectivity index (χ3v) is 2.60. The monoisotopic (exact) mass is 223 g/mol. The Kier molecular flexibility index (Phi) is 2.70. The van der Waals surface area contributed by atoms with Gasteiger partial charge in [0.15, 0.2) is 0 Å². The Morgan fingerprint density at radius 2 is 2.27 bits per heavy atom. The minimum absolute atomic E-state index is 0.111. The standard InChI is InChI=1S/C10H10ClN3O/c1-7-9(11)3-2-4-10(7)14-5-8(6-15)12-13-14/h2-5,15H,6H2,1H3. The molecule has 1 heterocycles. The van der Waals surface area contributed by atoms with Crippen LogP contribution in [0.3, 0.4) is 0 Å². The lowest BCUT2D eigenvalue weighted by atomic mass is 10.2. The van der Waals surface area contributed by atoms with Gasteiger partial charge in [-0.05, 0) is 24.6 Å². The van der Waals surface area contributed by atoms with Gasteiger partial charge in [0.1, 0.15) is 5.69 Å². The molecule has 0 unspecified atom stereocenters. The van der Waals surface area contributed by atoms with Crippen molar-refractivity contribution in [1.29, 1.82) is 0 Å². The van der Waals surface area contributed by atoms with Crippen molar-refractivity contribution >= 4 is 11.6 Å². The Balaban J connectivity index is 2.49. The van der Waals surface area contributed by atoms with E-state index in [1.54, 1.807) is 10.9 Å². The number of rotatable bonds is 2. The Morgan fingerprint density at radius 1 is 1.47 bits per heavy atom. The van der Waals surface area contributed by atoms with Crippen LogP contribution in [0, 0.1) is 6.92 Å². The molecule has 0 amide bonds. The first kappa shape index (κ1) is 10.1. The third-order valence-electron chi connectivity index (χ3n) is 2.19. The maximum absolute atomic E-state index is 8.88. The summed E-state index contributed by atoms with van der Waals surface area (Å²) in [6.07, 6.45) is 1.68. The van der Waals surface area contributed by atoms with Crippen LogP contribution < -0.4 is 0 Å². The molecule has 1 aromatic carbocycles. The van der Waals surface area contributed by atoms with Crippen LogP contribution in [0.15, 0.2) is 24.4 Å². The van der Waals surface area contributed by atoms with Gasteiger partial charge in [-0.3, -0.25) is 0 Å². The van der Waals surface area contributed by atoms with Crippen molar-refractivity contribution in [2.45, 2.75) is 13.5 Å². The van der Waals surface area contributed by atoms with Gasteiger partial charge in [0, 0.05) is 5.02 Å². The molecule has 1 aromatic heterocycles. The molecule has 0 fully saturated rings. The van der Waals surface area contributed by atoms with E-state index in [1.807, 2.05) is 25.1 Å². The van der Waals surface area contributed by atoms with E-state index in [0.717, 1.165) is 11.3 Å².